The van der Waals surface area contributed by atoms with Gasteiger partial charge in [-0.1, -0.05) is 12.1 Å². The second kappa shape index (κ2) is 10.8. The molecule has 2 amide bonds. The van der Waals surface area contributed by atoms with Crippen LogP contribution in [0.15, 0.2) is 24.3 Å². The van der Waals surface area contributed by atoms with E-state index in [1.54, 1.807) is 11.0 Å². The molecule has 1 aromatic heterocycles. The van der Waals surface area contributed by atoms with Crippen LogP contribution >= 0.6 is 0 Å². The number of nitrogens with zero attached hydrogens (tertiary/aromatic N) is 4. The standard InChI is InChI=1S/C28H38FN5O3/c1-4-37-28(36)32-12-11-27-26(17-32)30-18(2)34(27)24-15-22-8-9-23(16-24)33(22)13-10-25(31-19(3)35)20-6-5-7-21(29)14-20/h5-7,14,22-25H,4,8-13,15-17H2,1-3H3,(H,31,35)/t22?,23?,24?,25-/m0/s1. The maximum Gasteiger partial charge on any atom is 0.410 e. The predicted molar refractivity (Wildman–Crippen MR) is 137 cm³/mol. The highest BCUT2D eigenvalue weighted by molar-refractivity contribution is 5.73. The average Bonchev–Trinajstić information content (AvgIpc) is 3.31. The lowest BCUT2D eigenvalue weighted by Crippen LogP contribution is -2.45. The first-order chi connectivity index (χ1) is 17.8. The summed E-state index contributed by atoms with van der Waals surface area (Å²) in [5.74, 6) is 0.654. The first-order valence-corrected chi connectivity index (χ1v) is 13.6. The minimum atomic E-state index is -0.279. The molecule has 2 saturated heterocycles. The summed E-state index contributed by atoms with van der Waals surface area (Å²) in [6.45, 7) is 7.85. The van der Waals surface area contributed by atoms with Crippen molar-refractivity contribution in [3.05, 3.63) is 52.9 Å². The maximum atomic E-state index is 13.9. The van der Waals surface area contributed by atoms with Crippen LogP contribution in [-0.4, -0.2) is 63.1 Å². The highest BCUT2D eigenvalue weighted by Crippen LogP contribution is 2.43. The van der Waals surface area contributed by atoms with Crippen LogP contribution in [0.3, 0.4) is 0 Å². The number of aryl methyl sites for hydroxylation is 1. The molecule has 1 N–H and O–H groups in total. The van der Waals surface area contributed by atoms with Crippen molar-refractivity contribution in [2.75, 3.05) is 19.7 Å². The van der Waals surface area contributed by atoms with Crippen molar-refractivity contribution >= 4 is 12.0 Å². The van der Waals surface area contributed by atoms with Crippen LogP contribution in [0.25, 0.3) is 0 Å². The molecule has 1 aromatic carbocycles. The summed E-state index contributed by atoms with van der Waals surface area (Å²) in [4.78, 5) is 33.3. The third-order valence-corrected chi connectivity index (χ3v) is 8.28. The van der Waals surface area contributed by atoms with Gasteiger partial charge in [-0.2, -0.15) is 0 Å². The van der Waals surface area contributed by atoms with Gasteiger partial charge in [-0.15, -0.1) is 0 Å². The number of carbonyl (C=O) groups is 2. The Hall–Kier alpha value is -2.94. The molecule has 2 unspecified atom stereocenters. The molecule has 8 nitrogen and oxygen atoms in total. The van der Waals surface area contributed by atoms with E-state index in [2.05, 4.69) is 21.7 Å². The highest BCUT2D eigenvalue weighted by Gasteiger charge is 2.42. The number of imidazole rings is 1. The van der Waals surface area contributed by atoms with E-state index in [0.29, 0.717) is 37.8 Å². The number of halogens is 1. The summed E-state index contributed by atoms with van der Waals surface area (Å²) in [6.07, 6.45) is 5.80. The van der Waals surface area contributed by atoms with Crippen molar-refractivity contribution < 1.29 is 18.7 Å². The van der Waals surface area contributed by atoms with Crippen molar-refractivity contribution in [2.24, 2.45) is 0 Å². The van der Waals surface area contributed by atoms with Crippen molar-refractivity contribution in [3.63, 3.8) is 0 Å². The number of hydrogen-bond donors (Lipinski definition) is 1. The van der Waals surface area contributed by atoms with Gasteiger partial charge in [0.2, 0.25) is 5.91 Å². The molecule has 2 fully saturated rings. The maximum absolute atomic E-state index is 13.9. The molecule has 2 bridgehead atoms. The molecule has 4 heterocycles. The van der Waals surface area contributed by atoms with Crippen LogP contribution in [0.5, 0.6) is 0 Å². The number of ether oxygens (including phenoxy) is 1. The predicted octanol–water partition coefficient (Wildman–Crippen LogP) is 4.28. The smallest absolute Gasteiger partial charge is 0.410 e. The number of benzene rings is 1. The Kier molecular flexibility index (Phi) is 7.51. The molecule has 200 valence electrons. The van der Waals surface area contributed by atoms with Gasteiger partial charge in [0.15, 0.2) is 0 Å². The molecule has 3 aliphatic heterocycles. The minimum Gasteiger partial charge on any atom is -0.450 e. The SMILES string of the molecule is CCOC(=O)N1CCc2c(nc(C)n2C2CC3CCC(C2)N3CC[C@H](NC(C)=O)c2cccc(F)c2)C1. The van der Waals surface area contributed by atoms with E-state index in [0.717, 1.165) is 49.3 Å². The van der Waals surface area contributed by atoms with Crippen LogP contribution in [0.4, 0.5) is 9.18 Å². The largest absolute Gasteiger partial charge is 0.450 e. The number of hydrogen-bond acceptors (Lipinski definition) is 5. The van der Waals surface area contributed by atoms with Crippen LogP contribution in [0.1, 0.15) is 80.8 Å². The molecule has 5 rings (SSSR count). The molecule has 3 atom stereocenters. The van der Waals surface area contributed by atoms with Crippen LogP contribution < -0.4 is 5.32 Å². The van der Waals surface area contributed by atoms with Crippen molar-refractivity contribution in [1.29, 1.82) is 0 Å². The zero-order valence-corrected chi connectivity index (χ0v) is 22.1. The second-order valence-corrected chi connectivity index (χ2v) is 10.6. The van der Waals surface area contributed by atoms with Gasteiger partial charge in [0, 0.05) is 50.3 Å². The zero-order chi connectivity index (χ0) is 26.1. The Morgan fingerprint density at radius 1 is 1.22 bits per heavy atom. The summed E-state index contributed by atoms with van der Waals surface area (Å²) in [5.41, 5.74) is 3.09. The molecule has 0 spiro atoms. The molecule has 2 aromatic rings. The summed E-state index contributed by atoms with van der Waals surface area (Å²) in [5, 5.41) is 3.02. The fourth-order valence-corrected chi connectivity index (χ4v) is 6.79. The molecular weight excluding hydrogens is 473 g/mol. The van der Waals surface area contributed by atoms with E-state index in [-0.39, 0.29) is 23.9 Å². The monoisotopic (exact) mass is 511 g/mol. The third kappa shape index (κ3) is 5.37. The van der Waals surface area contributed by atoms with Gasteiger partial charge in [0.1, 0.15) is 11.6 Å². The number of nitrogens with one attached hydrogen (secondary N) is 1. The fraction of sp³-hybridized carbons (Fsp3) is 0.607. The Balaban J connectivity index is 1.26. The number of rotatable bonds is 7. The summed E-state index contributed by atoms with van der Waals surface area (Å²) in [7, 11) is 0. The first kappa shape index (κ1) is 25.7. The lowest BCUT2D eigenvalue weighted by Gasteiger charge is -2.41. The topological polar surface area (TPSA) is 79.7 Å². The van der Waals surface area contributed by atoms with Gasteiger partial charge >= 0.3 is 6.09 Å². The van der Waals surface area contributed by atoms with Gasteiger partial charge in [-0.25, -0.2) is 14.2 Å². The summed E-state index contributed by atoms with van der Waals surface area (Å²) in [6, 6.07) is 7.74. The molecule has 0 radical (unpaired) electrons. The number of fused-ring (bicyclic) bond motifs is 3. The second-order valence-electron chi connectivity index (χ2n) is 10.6. The van der Waals surface area contributed by atoms with Crippen molar-refractivity contribution in [3.8, 4) is 0 Å². The Morgan fingerprint density at radius 2 is 1.97 bits per heavy atom. The first-order valence-electron chi connectivity index (χ1n) is 13.6. The van der Waals surface area contributed by atoms with Gasteiger partial charge < -0.3 is 19.5 Å². The lowest BCUT2D eigenvalue weighted by atomic mass is 9.94. The van der Waals surface area contributed by atoms with Crippen molar-refractivity contribution in [1.82, 2.24) is 24.7 Å². The summed E-state index contributed by atoms with van der Waals surface area (Å²) < 4.78 is 21.5. The van der Waals surface area contributed by atoms with Crippen LogP contribution in [0, 0.1) is 12.7 Å². The molecule has 0 aliphatic carbocycles. The number of amides is 2. The summed E-state index contributed by atoms with van der Waals surface area (Å²) >= 11 is 0. The van der Waals surface area contributed by atoms with E-state index in [9.17, 15) is 14.0 Å². The molecular formula is C28H38FN5O3. The Labute approximate surface area is 218 Å². The van der Waals surface area contributed by atoms with Crippen LogP contribution in [-0.2, 0) is 22.5 Å². The quantitative estimate of drug-likeness (QED) is 0.600. The molecule has 37 heavy (non-hydrogen) atoms. The van der Waals surface area contributed by atoms with E-state index >= 15 is 0 Å². The van der Waals surface area contributed by atoms with E-state index in [1.807, 2.05) is 13.0 Å². The van der Waals surface area contributed by atoms with E-state index < -0.39 is 0 Å². The van der Waals surface area contributed by atoms with E-state index in [4.69, 9.17) is 9.72 Å². The lowest BCUT2D eigenvalue weighted by molar-refractivity contribution is -0.119. The van der Waals surface area contributed by atoms with E-state index in [1.165, 1.54) is 37.6 Å². The van der Waals surface area contributed by atoms with Gasteiger partial charge in [0.25, 0.3) is 0 Å². The van der Waals surface area contributed by atoms with Gasteiger partial charge in [0.05, 0.1) is 24.9 Å². The normalized spacial score (nSPS) is 24.0. The zero-order valence-electron chi connectivity index (χ0n) is 22.1. The molecule has 3 aliphatic rings. The Morgan fingerprint density at radius 3 is 2.65 bits per heavy atom. The van der Waals surface area contributed by atoms with Gasteiger partial charge in [-0.05, 0) is 63.6 Å². The van der Waals surface area contributed by atoms with Gasteiger partial charge in [-0.3, -0.25) is 9.69 Å². The highest BCUT2D eigenvalue weighted by atomic mass is 19.1. The minimum absolute atomic E-state index is 0.0992. The average molecular weight is 512 g/mol. The number of piperidine rings is 1. The molecule has 0 saturated carbocycles. The van der Waals surface area contributed by atoms with Crippen LogP contribution in [0.2, 0.25) is 0 Å². The number of carbonyl (C=O) groups excluding carboxylic acids is 2. The number of aromatic nitrogens is 2. The van der Waals surface area contributed by atoms with Crippen molar-refractivity contribution in [2.45, 2.75) is 90.0 Å². The Bertz CT molecular complexity index is 1140. The third-order valence-electron chi connectivity index (χ3n) is 8.28. The molecule has 9 heteroatoms. The fourth-order valence-electron chi connectivity index (χ4n) is 6.79.